The molecule has 0 aliphatic heterocycles. The van der Waals surface area contributed by atoms with Crippen molar-refractivity contribution >= 4 is 63.2 Å². The van der Waals surface area contributed by atoms with Crippen LogP contribution in [-0.4, -0.2) is 17.6 Å². The van der Waals surface area contributed by atoms with E-state index in [1.807, 2.05) is 60.7 Å². The number of rotatable bonds is 7. The highest BCUT2D eigenvalue weighted by Crippen LogP contribution is 2.28. The van der Waals surface area contributed by atoms with Gasteiger partial charge in [0.2, 0.25) is 0 Å². The van der Waals surface area contributed by atoms with E-state index in [0.717, 1.165) is 28.6 Å². The van der Waals surface area contributed by atoms with Crippen LogP contribution in [0, 0.1) is 0 Å². The van der Waals surface area contributed by atoms with E-state index in [0.29, 0.717) is 17.2 Å². The molecule has 3 aromatic carbocycles. The van der Waals surface area contributed by atoms with Gasteiger partial charge >= 0.3 is 5.97 Å². The number of pyridine rings is 1. The summed E-state index contributed by atoms with van der Waals surface area (Å²) in [5, 5.41) is 1.75. The molecule has 5 heteroatoms. The molecule has 0 aliphatic rings. The second-order valence-corrected chi connectivity index (χ2v) is 9.27. The summed E-state index contributed by atoms with van der Waals surface area (Å²) in [6.07, 6.45) is 4.81. The molecule has 0 aliphatic carbocycles. The number of carbonyl (C=O) groups is 1. The van der Waals surface area contributed by atoms with Gasteiger partial charge in [-0.05, 0) is 54.0 Å². The average molecular weight is 554 g/mol. The summed E-state index contributed by atoms with van der Waals surface area (Å²) in [6.45, 7) is 0.380. The van der Waals surface area contributed by atoms with Crippen LogP contribution in [-0.2, 0) is 4.74 Å². The molecule has 0 bridgehead atoms. The van der Waals surface area contributed by atoms with Crippen LogP contribution in [0.15, 0.2) is 84.9 Å². The molecule has 0 N–H and O–H groups in total. The summed E-state index contributed by atoms with van der Waals surface area (Å²) in [5.41, 5.74) is 4.63. The molecule has 0 spiro atoms. The van der Waals surface area contributed by atoms with Crippen molar-refractivity contribution in [1.29, 1.82) is 0 Å². The van der Waals surface area contributed by atoms with Crippen molar-refractivity contribution in [1.82, 2.24) is 4.98 Å². The average Bonchev–Trinajstić information content (AvgIpc) is 2.83. The van der Waals surface area contributed by atoms with Gasteiger partial charge in [-0.25, -0.2) is 9.78 Å². The van der Waals surface area contributed by atoms with Crippen LogP contribution >= 0.6 is 34.2 Å². The summed E-state index contributed by atoms with van der Waals surface area (Å²) < 4.78 is 5.67. The number of carbonyl (C=O) groups excluding carboxylic acids is 1. The van der Waals surface area contributed by atoms with E-state index in [-0.39, 0.29) is 9.89 Å². The Labute approximate surface area is 206 Å². The lowest BCUT2D eigenvalue weighted by atomic mass is 10.1. The minimum Gasteiger partial charge on any atom is -0.462 e. The van der Waals surface area contributed by atoms with Gasteiger partial charge in [-0.2, -0.15) is 0 Å². The van der Waals surface area contributed by atoms with Crippen molar-refractivity contribution in [2.24, 2.45) is 0 Å². The maximum absolute atomic E-state index is 12.1. The molecule has 4 aromatic rings. The van der Waals surface area contributed by atoms with Crippen molar-refractivity contribution < 1.29 is 9.53 Å². The lowest BCUT2D eigenvalue weighted by Gasteiger charge is -2.11. The Morgan fingerprint density at radius 2 is 1.78 bits per heavy atom. The van der Waals surface area contributed by atoms with Gasteiger partial charge in [0, 0.05) is 14.3 Å². The number of alkyl halides is 1. The molecule has 1 aromatic heterocycles. The number of aromatic nitrogens is 1. The van der Waals surface area contributed by atoms with E-state index < -0.39 is 0 Å². The predicted molar refractivity (Wildman–Crippen MR) is 140 cm³/mol. The molecule has 0 fully saturated rings. The third kappa shape index (κ3) is 5.96. The van der Waals surface area contributed by atoms with Gasteiger partial charge in [0.15, 0.2) is 0 Å². The van der Waals surface area contributed by atoms with E-state index in [1.54, 1.807) is 12.1 Å². The van der Waals surface area contributed by atoms with Crippen LogP contribution in [0.3, 0.4) is 0 Å². The second kappa shape index (κ2) is 10.7. The SMILES string of the molecule is O=C(OCC[C@H](I)c1cccc(C=Cc2ccc3ccc(Cl)cc3n2)c1)c1ccccc1. The Bertz CT molecular complexity index is 1260. The smallest absolute Gasteiger partial charge is 0.338 e. The summed E-state index contributed by atoms with van der Waals surface area (Å²) >= 11 is 8.49. The minimum absolute atomic E-state index is 0.241. The molecule has 3 nitrogen and oxygen atoms in total. The zero-order chi connectivity index (χ0) is 22.3. The molecule has 0 amide bonds. The molecule has 1 atom stereocenters. The van der Waals surface area contributed by atoms with Crippen molar-refractivity contribution in [3.8, 4) is 0 Å². The number of fused-ring (bicyclic) bond motifs is 1. The molecule has 160 valence electrons. The second-order valence-electron chi connectivity index (χ2n) is 7.33. The molecule has 32 heavy (non-hydrogen) atoms. The quantitative estimate of drug-likeness (QED) is 0.133. The van der Waals surface area contributed by atoms with Crippen molar-refractivity contribution in [2.45, 2.75) is 10.3 Å². The summed E-state index contributed by atoms with van der Waals surface area (Å²) in [5.74, 6) is -0.282. The summed E-state index contributed by atoms with van der Waals surface area (Å²) in [7, 11) is 0. The highest BCUT2D eigenvalue weighted by atomic mass is 127. The van der Waals surface area contributed by atoms with Crippen molar-refractivity contribution in [3.63, 3.8) is 0 Å². The zero-order valence-electron chi connectivity index (χ0n) is 17.2. The van der Waals surface area contributed by atoms with Gasteiger partial charge in [-0.15, -0.1) is 0 Å². The Hall–Kier alpha value is -2.70. The van der Waals surface area contributed by atoms with E-state index in [2.05, 4.69) is 51.8 Å². The van der Waals surface area contributed by atoms with E-state index in [9.17, 15) is 4.79 Å². The van der Waals surface area contributed by atoms with Crippen LogP contribution < -0.4 is 0 Å². The molecule has 1 heterocycles. The number of benzene rings is 3. The maximum atomic E-state index is 12.1. The molecular formula is C27H21ClINO2. The fourth-order valence-corrected chi connectivity index (χ4v) is 4.13. The lowest BCUT2D eigenvalue weighted by molar-refractivity contribution is 0.0501. The van der Waals surface area contributed by atoms with Crippen LogP contribution in [0.25, 0.3) is 23.1 Å². The first kappa shape index (κ1) is 22.5. The lowest BCUT2D eigenvalue weighted by Crippen LogP contribution is -2.07. The molecule has 0 unspecified atom stereocenters. The highest BCUT2D eigenvalue weighted by molar-refractivity contribution is 14.1. The third-order valence-electron chi connectivity index (χ3n) is 5.01. The third-order valence-corrected chi connectivity index (χ3v) is 6.59. The van der Waals surface area contributed by atoms with Crippen LogP contribution in [0.2, 0.25) is 5.02 Å². The van der Waals surface area contributed by atoms with Gasteiger partial charge in [-0.1, -0.05) is 94.9 Å². The Balaban J connectivity index is 1.38. The van der Waals surface area contributed by atoms with Crippen molar-refractivity contribution in [3.05, 3.63) is 112 Å². The molecule has 4 rings (SSSR count). The predicted octanol–water partition coefficient (Wildman–Crippen LogP) is 7.78. The zero-order valence-corrected chi connectivity index (χ0v) is 20.2. The summed E-state index contributed by atoms with van der Waals surface area (Å²) in [4.78, 5) is 16.8. The van der Waals surface area contributed by atoms with Gasteiger partial charge < -0.3 is 4.74 Å². The first-order valence-electron chi connectivity index (χ1n) is 10.3. The van der Waals surface area contributed by atoms with E-state index in [1.165, 1.54) is 5.56 Å². The fourth-order valence-electron chi connectivity index (χ4n) is 3.32. The normalized spacial score (nSPS) is 12.2. The Kier molecular flexibility index (Phi) is 7.55. The fraction of sp³-hybridized carbons (Fsp3) is 0.111. The number of halogens is 2. The topological polar surface area (TPSA) is 39.2 Å². The number of hydrogen-bond acceptors (Lipinski definition) is 3. The summed E-state index contributed by atoms with van der Waals surface area (Å²) in [6, 6.07) is 27.2. The number of nitrogens with zero attached hydrogens (tertiary/aromatic N) is 1. The van der Waals surface area contributed by atoms with Crippen molar-refractivity contribution in [2.75, 3.05) is 6.61 Å². The van der Waals surface area contributed by atoms with Crippen LogP contribution in [0.1, 0.15) is 37.5 Å². The number of hydrogen-bond donors (Lipinski definition) is 0. The highest BCUT2D eigenvalue weighted by Gasteiger charge is 2.11. The van der Waals surface area contributed by atoms with E-state index in [4.69, 9.17) is 16.3 Å². The van der Waals surface area contributed by atoms with Crippen LogP contribution in [0.5, 0.6) is 0 Å². The first-order chi connectivity index (χ1) is 15.6. The first-order valence-corrected chi connectivity index (χ1v) is 11.9. The molecule has 0 radical (unpaired) electrons. The molecule has 0 saturated carbocycles. The van der Waals surface area contributed by atoms with Gasteiger partial charge in [0.05, 0.1) is 23.4 Å². The van der Waals surface area contributed by atoms with Gasteiger partial charge in [0.25, 0.3) is 0 Å². The standard InChI is InChI=1S/C27H21ClINO2/c28-23-12-10-20-11-14-24(30-26(20)18-23)13-9-19-5-4-8-22(17-19)25(29)15-16-32-27(31)21-6-2-1-3-7-21/h1-14,17-18,25H,15-16H2/t25-/m0/s1. The minimum atomic E-state index is -0.282. The van der Waals surface area contributed by atoms with Gasteiger partial charge in [-0.3, -0.25) is 0 Å². The van der Waals surface area contributed by atoms with Gasteiger partial charge in [0.1, 0.15) is 0 Å². The largest absolute Gasteiger partial charge is 0.462 e. The molecular weight excluding hydrogens is 533 g/mol. The monoisotopic (exact) mass is 553 g/mol. The number of ether oxygens (including phenoxy) is 1. The Morgan fingerprint density at radius 1 is 0.969 bits per heavy atom. The Morgan fingerprint density at radius 3 is 2.62 bits per heavy atom. The van der Waals surface area contributed by atoms with E-state index >= 15 is 0 Å². The number of esters is 1. The van der Waals surface area contributed by atoms with Crippen LogP contribution in [0.4, 0.5) is 0 Å². The maximum Gasteiger partial charge on any atom is 0.338 e. The molecule has 0 saturated heterocycles.